The molecule has 2 aliphatic carbocycles. The average molecular weight is 415 g/mol. The summed E-state index contributed by atoms with van der Waals surface area (Å²) < 4.78 is 24.6. The van der Waals surface area contributed by atoms with E-state index in [0.29, 0.717) is 24.2 Å². The molecule has 0 bridgehead atoms. The van der Waals surface area contributed by atoms with E-state index in [-0.39, 0.29) is 0 Å². The third kappa shape index (κ3) is 5.42. The van der Waals surface area contributed by atoms with E-state index in [2.05, 4.69) is 46.8 Å². The summed E-state index contributed by atoms with van der Waals surface area (Å²) in [5.41, 5.74) is 9.11. The summed E-state index contributed by atoms with van der Waals surface area (Å²) in [6, 6.07) is 0. The molecule has 0 N–H and O–H groups in total. The van der Waals surface area contributed by atoms with Crippen LogP contribution in [0.4, 0.5) is 8.78 Å². The number of rotatable bonds is 5. The van der Waals surface area contributed by atoms with Gasteiger partial charge in [-0.25, -0.2) is 0 Å². The van der Waals surface area contributed by atoms with Crippen LogP contribution in [0, 0.1) is 52.4 Å². The van der Waals surface area contributed by atoms with Crippen LogP contribution in [0.15, 0.2) is 24.3 Å². The predicted molar refractivity (Wildman–Crippen MR) is 124 cm³/mol. The van der Waals surface area contributed by atoms with Gasteiger partial charge in [0.15, 0.2) is 0 Å². The smallest absolute Gasteiger partial charge is 0.174 e. The van der Waals surface area contributed by atoms with Crippen LogP contribution in [0.2, 0.25) is 0 Å². The van der Waals surface area contributed by atoms with Gasteiger partial charge < -0.3 is 0 Å². The number of hydrogen-bond acceptors (Lipinski definition) is 0. The molecular formula is C28H40F2. The van der Waals surface area contributed by atoms with Crippen molar-refractivity contribution in [1.29, 1.82) is 0 Å². The van der Waals surface area contributed by atoms with E-state index < -0.39 is 6.08 Å². The summed E-state index contributed by atoms with van der Waals surface area (Å²) in [6.07, 6.45) is 14.8. The Kier molecular flexibility index (Phi) is 7.93. The van der Waals surface area contributed by atoms with Crippen LogP contribution in [-0.4, -0.2) is 0 Å². The maximum Gasteiger partial charge on any atom is 0.266 e. The summed E-state index contributed by atoms with van der Waals surface area (Å²) in [6.45, 7) is 11.5. The molecule has 1 aromatic rings. The number of allylic oxidation sites excluding steroid dienone is 3. The molecule has 0 atom stereocenters. The summed E-state index contributed by atoms with van der Waals surface area (Å²) in [4.78, 5) is 0. The Morgan fingerprint density at radius 3 is 1.57 bits per heavy atom. The van der Waals surface area contributed by atoms with Gasteiger partial charge in [0.2, 0.25) is 0 Å². The van der Waals surface area contributed by atoms with Crippen LogP contribution in [0.3, 0.4) is 0 Å². The minimum Gasteiger partial charge on any atom is -0.174 e. The van der Waals surface area contributed by atoms with E-state index in [0.717, 1.165) is 24.8 Å². The predicted octanol–water partition coefficient (Wildman–Crippen LogP) is 9.04. The van der Waals surface area contributed by atoms with E-state index in [1.165, 1.54) is 66.3 Å². The van der Waals surface area contributed by atoms with Gasteiger partial charge in [-0.1, -0.05) is 12.2 Å². The Hall–Kier alpha value is -1.44. The quantitative estimate of drug-likeness (QED) is 0.422. The highest BCUT2D eigenvalue weighted by Crippen LogP contribution is 2.41. The Labute approximate surface area is 182 Å². The molecule has 0 radical (unpaired) electrons. The fourth-order valence-corrected chi connectivity index (χ4v) is 5.93. The molecule has 2 aliphatic rings. The lowest BCUT2D eigenvalue weighted by atomic mass is 9.73. The van der Waals surface area contributed by atoms with Gasteiger partial charge in [0.25, 0.3) is 6.08 Å². The molecule has 0 aromatic heterocycles. The maximum absolute atomic E-state index is 12.3. The van der Waals surface area contributed by atoms with Gasteiger partial charge in [0.1, 0.15) is 0 Å². The normalized spacial score (nSPS) is 27.4. The van der Waals surface area contributed by atoms with Crippen molar-refractivity contribution in [2.75, 3.05) is 0 Å². The summed E-state index contributed by atoms with van der Waals surface area (Å²) in [5, 5.41) is 0. The van der Waals surface area contributed by atoms with Crippen LogP contribution in [0.25, 0.3) is 0 Å². The van der Waals surface area contributed by atoms with Gasteiger partial charge in [-0.3, -0.25) is 0 Å². The Balaban J connectivity index is 1.52. The van der Waals surface area contributed by atoms with Crippen molar-refractivity contribution in [1.82, 2.24) is 0 Å². The monoisotopic (exact) mass is 414 g/mol. The number of halogens is 2. The highest BCUT2D eigenvalue weighted by atomic mass is 19.3. The topological polar surface area (TPSA) is 0 Å². The van der Waals surface area contributed by atoms with E-state index in [4.69, 9.17) is 0 Å². The van der Waals surface area contributed by atoms with Crippen molar-refractivity contribution in [2.45, 2.75) is 98.3 Å². The Morgan fingerprint density at radius 2 is 1.10 bits per heavy atom. The van der Waals surface area contributed by atoms with Crippen molar-refractivity contribution in [3.63, 3.8) is 0 Å². The largest absolute Gasteiger partial charge is 0.266 e. The van der Waals surface area contributed by atoms with Gasteiger partial charge in [-0.15, -0.1) is 0 Å². The van der Waals surface area contributed by atoms with Crippen molar-refractivity contribution >= 4 is 0 Å². The molecule has 2 heteroatoms. The molecule has 1 aromatic carbocycles. The average Bonchev–Trinajstić information content (AvgIpc) is 2.75. The van der Waals surface area contributed by atoms with Crippen molar-refractivity contribution in [3.8, 4) is 0 Å². The summed E-state index contributed by atoms with van der Waals surface area (Å²) >= 11 is 0. The van der Waals surface area contributed by atoms with Crippen molar-refractivity contribution in [2.24, 2.45) is 17.8 Å². The second-order valence-electron chi connectivity index (χ2n) is 10.0. The molecule has 30 heavy (non-hydrogen) atoms. The van der Waals surface area contributed by atoms with E-state index >= 15 is 0 Å². The molecule has 0 heterocycles. The molecule has 0 aliphatic heterocycles. The van der Waals surface area contributed by atoms with Gasteiger partial charge >= 0.3 is 0 Å². The van der Waals surface area contributed by atoms with E-state index in [1.807, 2.05) is 0 Å². The van der Waals surface area contributed by atoms with Crippen LogP contribution in [0.1, 0.15) is 97.1 Å². The zero-order valence-electron chi connectivity index (χ0n) is 19.7. The van der Waals surface area contributed by atoms with Crippen LogP contribution in [0.5, 0.6) is 0 Å². The second-order valence-corrected chi connectivity index (χ2v) is 10.0. The van der Waals surface area contributed by atoms with Gasteiger partial charge in [-0.05, 0) is 156 Å². The molecule has 0 unspecified atom stereocenters. The molecule has 0 amide bonds. The molecule has 0 saturated heterocycles. The molecule has 2 saturated carbocycles. The zero-order valence-corrected chi connectivity index (χ0v) is 19.7. The van der Waals surface area contributed by atoms with E-state index in [1.54, 1.807) is 5.56 Å². The third-order valence-corrected chi connectivity index (χ3v) is 8.39. The van der Waals surface area contributed by atoms with Gasteiger partial charge in [0, 0.05) is 0 Å². The first kappa shape index (κ1) is 23.2. The fourth-order valence-electron chi connectivity index (χ4n) is 5.93. The van der Waals surface area contributed by atoms with Crippen LogP contribution < -0.4 is 0 Å². The van der Waals surface area contributed by atoms with Gasteiger partial charge in [-0.2, -0.15) is 8.78 Å². The SMILES string of the molecule is Cc1c(C)c(C)c(C2CCC(C=CC3CCC(CC=C(F)F)CC3)CC2)c(C)c1C. The third-order valence-electron chi connectivity index (χ3n) is 8.39. The highest BCUT2D eigenvalue weighted by Gasteiger charge is 2.26. The van der Waals surface area contributed by atoms with Crippen LogP contribution >= 0.6 is 0 Å². The first-order valence-electron chi connectivity index (χ1n) is 12.0. The highest BCUT2D eigenvalue weighted by molar-refractivity contribution is 5.51. The Morgan fingerprint density at radius 1 is 0.667 bits per heavy atom. The molecule has 2 fully saturated rings. The molecule has 3 rings (SSSR count). The molecule has 166 valence electrons. The number of benzene rings is 1. The van der Waals surface area contributed by atoms with Gasteiger partial charge in [0.05, 0.1) is 0 Å². The standard InChI is InChI=1S/C28H40F2/c1-18-19(2)21(4)28(22(5)20(18)3)26-15-12-25(13-16-26)11-8-23-6-9-24(10-7-23)14-17-27(29)30/h8,11,17,23-26H,6-7,9-10,12-16H2,1-5H3. The van der Waals surface area contributed by atoms with Crippen molar-refractivity contribution < 1.29 is 8.78 Å². The molecular weight excluding hydrogens is 374 g/mol. The lowest BCUT2D eigenvalue weighted by Gasteiger charge is -2.32. The Bertz CT molecular complexity index is 752. The molecule has 0 spiro atoms. The first-order chi connectivity index (χ1) is 14.3. The van der Waals surface area contributed by atoms with Crippen LogP contribution in [-0.2, 0) is 0 Å². The lowest BCUT2D eigenvalue weighted by Crippen LogP contribution is -2.16. The second kappa shape index (κ2) is 10.2. The molecule has 0 nitrogen and oxygen atoms in total. The fraction of sp³-hybridized carbons (Fsp3) is 0.643. The minimum atomic E-state index is -1.52. The maximum atomic E-state index is 12.3. The minimum absolute atomic E-state index is 0.458. The van der Waals surface area contributed by atoms with E-state index in [9.17, 15) is 8.78 Å². The number of hydrogen-bond donors (Lipinski definition) is 0. The summed E-state index contributed by atoms with van der Waals surface area (Å²) in [7, 11) is 0. The lowest BCUT2D eigenvalue weighted by molar-refractivity contribution is 0.305. The van der Waals surface area contributed by atoms with Crippen molar-refractivity contribution in [3.05, 3.63) is 57.7 Å². The summed E-state index contributed by atoms with van der Waals surface area (Å²) in [5.74, 6) is 2.55. The first-order valence-corrected chi connectivity index (χ1v) is 12.0. The zero-order chi connectivity index (χ0) is 21.8.